The van der Waals surface area contributed by atoms with Crippen LogP contribution in [0.4, 0.5) is 5.69 Å². The van der Waals surface area contributed by atoms with Gasteiger partial charge in [0.25, 0.3) is 0 Å². The molecule has 0 bridgehead atoms. The molecule has 5 heteroatoms. The molecule has 1 saturated heterocycles. The Morgan fingerprint density at radius 2 is 1.92 bits per heavy atom. The van der Waals surface area contributed by atoms with E-state index in [9.17, 15) is 4.79 Å². The van der Waals surface area contributed by atoms with Crippen LogP contribution in [0.25, 0.3) is 0 Å². The van der Waals surface area contributed by atoms with E-state index in [1.54, 1.807) is 0 Å². The van der Waals surface area contributed by atoms with Crippen molar-refractivity contribution in [1.29, 1.82) is 5.26 Å². The third-order valence-electron chi connectivity index (χ3n) is 4.41. The fraction of sp³-hybridized carbons (Fsp3) is 0.333. The molecule has 134 valence electrons. The second kappa shape index (κ2) is 9.14. The maximum absolute atomic E-state index is 12.3. The summed E-state index contributed by atoms with van der Waals surface area (Å²) in [7, 11) is 0. The van der Waals surface area contributed by atoms with E-state index < -0.39 is 0 Å². The normalized spacial score (nSPS) is 17.4. The highest BCUT2D eigenvalue weighted by atomic mass is 16.5. The number of ether oxygens (including phenoxy) is 1. The average Bonchev–Trinajstić information content (AvgIpc) is 2.65. The summed E-state index contributed by atoms with van der Waals surface area (Å²) in [6.07, 6.45) is 0.623. The number of hydrogen-bond donors (Lipinski definition) is 1. The van der Waals surface area contributed by atoms with Gasteiger partial charge in [-0.3, -0.25) is 9.69 Å². The van der Waals surface area contributed by atoms with Gasteiger partial charge in [0.05, 0.1) is 31.6 Å². The summed E-state index contributed by atoms with van der Waals surface area (Å²) in [6, 6.07) is 19.8. The van der Waals surface area contributed by atoms with Crippen LogP contribution in [0.3, 0.4) is 0 Å². The van der Waals surface area contributed by atoms with Crippen molar-refractivity contribution in [2.24, 2.45) is 0 Å². The molecule has 3 rings (SSSR count). The Hall–Kier alpha value is -2.68. The molecule has 2 aromatic carbocycles. The molecule has 5 nitrogen and oxygen atoms in total. The average molecular weight is 349 g/mol. The zero-order valence-electron chi connectivity index (χ0n) is 14.7. The van der Waals surface area contributed by atoms with Gasteiger partial charge in [0.2, 0.25) is 5.91 Å². The van der Waals surface area contributed by atoms with E-state index in [-0.39, 0.29) is 12.0 Å². The van der Waals surface area contributed by atoms with E-state index >= 15 is 0 Å². The van der Waals surface area contributed by atoms with Crippen LogP contribution in [-0.2, 0) is 22.5 Å². The lowest BCUT2D eigenvalue weighted by molar-refractivity contribution is -0.121. The number of nitrogens with zero attached hydrogens (tertiary/aromatic N) is 2. The number of carbonyl (C=O) groups is 1. The molecular formula is C21H23N3O2. The van der Waals surface area contributed by atoms with Crippen molar-refractivity contribution in [1.82, 2.24) is 4.90 Å². The molecule has 1 fully saturated rings. The quantitative estimate of drug-likeness (QED) is 0.871. The van der Waals surface area contributed by atoms with Crippen LogP contribution in [0.2, 0.25) is 0 Å². The first kappa shape index (κ1) is 18.1. The third-order valence-corrected chi connectivity index (χ3v) is 4.41. The number of nitrogens with one attached hydrogen (secondary N) is 1. The molecule has 1 unspecified atom stereocenters. The van der Waals surface area contributed by atoms with Gasteiger partial charge >= 0.3 is 0 Å². The van der Waals surface area contributed by atoms with Crippen molar-refractivity contribution in [3.05, 3.63) is 65.7 Å². The van der Waals surface area contributed by atoms with Crippen molar-refractivity contribution < 1.29 is 9.53 Å². The molecule has 26 heavy (non-hydrogen) atoms. The van der Waals surface area contributed by atoms with Gasteiger partial charge in [0.1, 0.15) is 0 Å². The second-order valence-electron chi connectivity index (χ2n) is 6.50. The highest BCUT2D eigenvalue weighted by molar-refractivity contribution is 5.91. The van der Waals surface area contributed by atoms with Crippen LogP contribution in [0, 0.1) is 11.3 Å². The molecule has 0 saturated carbocycles. The fourth-order valence-electron chi connectivity index (χ4n) is 3.11. The summed E-state index contributed by atoms with van der Waals surface area (Å²) in [4.78, 5) is 14.6. The Morgan fingerprint density at radius 3 is 2.65 bits per heavy atom. The SMILES string of the molecule is N#CCc1ccc(NC(=O)CC2CN(Cc3ccccc3)CCO2)cc1. The molecule has 0 spiro atoms. The van der Waals surface area contributed by atoms with Gasteiger partial charge in [-0.2, -0.15) is 5.26 Å². The van der Waals surface area contributed by atoms with Gasteiger partial charge in [0.15, 0.2) is 0 Å². The van der Waals surface area contributed by atoms with E-state index in [0.717, 1.165) is 30.9 Å². The first-order chi connectivity index (χ1) is 12.7. The predicted octanol–water partition coefficient (Wildman–Crippen LogP) is 2.98. The number of benzene rings is 2. The number of nitriles is 1. The number of morpholine rings is 1. The van der Waals surface area contributed by atoms with Gasteiger partial charge in [-0.15, -0.1) is 0 Å². The molecule has 1 N–H and O–H groups in total. The zero-order chi connectivity index (χ0) is 18.2. The van der Waals surface area contributed by atoms with E-state index in [0.29, 0.717) is 19.4 Å². The highest BCUT2D eigenvalue weighted by Crippen LogP contribution is 2.15. The van der Waals surface area contributed by atoms with Gasteiger partial charge in [-0.1, -0.05) is 42.5 Å². The molecule has 1 heterocycles. The summed E-state index contributed by atoms with van der Waals surface area (Å²) >= 11 is 0. The first-order valence-corrected chi connectivity index (χ1v) is 8.86. The lowest BCUT2D eigenvalue weighted by Crippen LogP contribution is -2.43. The smallest absolute Gasteiger partial charge is 0.227 e. The summed E-state index contributed by atoms with van der Waals surface area (Å²) in [5.74, 6) is -0.0513. The molecule has 0 radical (unpaired) electrons. The van der Waals surface area contributed by atoms with E-state index in [1.807, 2.05) is 42.5 Å². The molecule has 1 atom stereocenters. The minimum Gasteiger partial charge on any atom is -0.375 e. The Morgan fingerprint density at radius 1 is 1.15 bits per heavy atom. The van der Waals surface area contributed by atoms with Crippen LogP contribution < -0.4 is 5.32 Å². The van der Waals surface area contributed by atoms with E-state index in [4.69, 9.17) is 10.00 Å². The Labute approximate surface area is 154 Å². The minimum absolute atomic E-state index is 0.0513. The van der Waals surface area contributed by atoms with Crippen LogP contribution in [0.5, 0.6) is 0 Å². The largest absolute Gasteiger partial charge is 0.375 e. The summed E-state index contributed by atoms with van der Waals surface area (Å²) in [5.41, 5.74) is 2.96. The van der Waals surface area contributed by atoms with Crippen LogP contribution in [0.1, 0.15) is 17.5 Å². The number of hydrogen-bond acceptors (Lipinski definition) is 4. The topological polar surface area (TPSA) is 65.4 Å². The monoisotopic (exact) mass is 349 g/mol. The minimum atomic E-state index is -0.0923. The number of anilines is 1. The van der Waals surface area contributed by atoms with Crippen molar-refractivity contribution in [3.63, 3.8) is 0 Å². The van der Waals surface area contributed by atoms with Crippen molar-refractivity contribution in [2.75, 3.05) is 25.0 Å². The lowest BCUT2D eigenvalue weighted by atomic mass is 10.1. The highest BCUT2D eigenvalue weighted by Gasteiger charge is 2.23. The molecule has 2 aromatic rings. The van der Waals surface area contributed by atoms with Gasteiger partial charge in [-0.25, -0.2) is 0 Å². The predicted molar refractivity (Wildman–Crippen MR) is 100 cm³/mol. The zero-order valence-corrected chi connectivity index (χ0v) is 14.7. The van der Waals surface area contributed by atoms with Crippen molar-refractivity contribution in [3.8, 4) is 6.07 Å². The van der Waals surface area contributed by atoms with Crippen molar-refractivity contribution in [2.45, 2.75) is 25.5 Å². The molecule has 1 amide bonds. The second-order valence-corrected chi connectivity index (χ2v) is 6.50. The lowest BCUT2D eigenvalue weighted by Gasteiger charge is -2.32. The number of rotatable bonds is 6. The van der Waals surface area contributed by atoms with E-state index in [1.165, 1.54) is 5.56 Å². The van der Waals surface area contributed by atoms with Gasteiger partial charge in [0, 0.05) is 25.3 Å². The Bertz CT molecular complexity index is 753. The maximum Gasteiger partial charge on any atom is 0.227 e. The number of amides is 1. The van der Waals surface area contributed by atoms with Crippen LogP contribution in [0.15, 0.2) is 54.6 Å². The fourth-order valence-corrected chi connectivity index (χ4v) is 3.11. The summed E-state index contributed by atoms with van der Waals surface area (Å²) in [6.45, 7) is 3.16. The van der Waals surface area contributed by atoms with Gasteiger partial charge in [-0.05, 0) is 23.3 Å². The summed E-state index contributed by atoms with van der Waals surface area (Å²) < 4.78 is 5.77. The third kappa shape index (κ3) is 5.41. The molecular weight excluding hydrogens is 326 g/mol. The van der Waals surface area contributed by atoms with Crippen molar-refractivity contribution >= 4 is 11.6 Å². The molecule has 0 aromatic heterocycles. The summed E-state index contributed by atoms with van der Waals surface area (Å²) in [5, 5.41) is 11.6. The maximum atomic E-state index is 12.3. The Balaban J connectivity index is 1.48. The van der Waals surface area contributed by atoms with Crippen LogP contribution in [-0.4, -0.2) is 36.6 Å². The Kier molecular flexibility index (Phi) is 6.37. The molecule has 1 aliphatic rings. The first-order valence-electron chi connectivity index (χ1n) is 8.86. The van der Waals surface area contributed by atoms with E-state index in [2.05, 4.69) is 28.4 Å². The standard InChI is InChI=1S/C21H23N3O2/c22-11-10-17-6-8-19(9-7-17)23-21(25)14-20-16-24(12-13-26-20)15-18-4-2-1-3-5-18/h1-9,20H,10,12-16H2,(H,23,25). The molecule has 1 aliphatic heterocycles. The van der Waals surface area contributed by atoms with Gasteiger partial charge < -0.3 is 10.1 Å². The molecule has 0 aliphatic carbocycles. The van der Waals surface area contributed by atoms with Crippen LogP contribution >= 0.6 is 0 Å². The number of carbonyl (C=O) groups excluding carboxylic acids is 1.